The summed E-state index contributed by atoms with van der Waals surface area (Å²) in [5.74, 6) is 1.29. The van der Waals surface area contributed by atoms with Crippen molar-refractivity contribution in [2.24, 2.45) is 0 Å². The Morgan fingerprint density at radius 3 is 2.53 bits per heavy atom. The fraction of sp³-hybridized carbons (Fsp3) is 0.200. The fourth-order valence-electron chi connectivity index (χ4n) is 0.951. The number of hydrogen-bond donors (Lipinski definition) is 1. The third kappa shape index (κ3) is 4.03. The fourth-order valence-corrected chi connectivity index (χ4v) is 1.10. The van der Waals surface area contributed by atoms with Crippen molar-refractivity contribution in [3.05, 3.63) is 46.5 Å². The average molecular weight is 225 g/mol. The maximum Gasteiger partial charge on any atom is 0.269 e. The minimum Gasteiger partial charge on any atom is -0.490 e. The summed E-state index contributed by atoms with van der Waals surface area (Å²) in [6.45, 7) is 0.443. The quantitative estimate of drug-likeness (QED) is 0.362. The highest BCUT2D eigenvalue weighted by Gasteiger charge is 2.03. The first-order chi connectivity index (χ1) is 7.24. The molecule has 0 saturated carbocycles. The van der Waals surface area contributed by atoms with Crippen LogP contribution in [0.2, 0.25) is 0 Å². The van der Waals surface area contributed by atoms with E-state index in [2.05, 4.69) is 12.6 Å². The second kappa shape index (κ2) is 6.08. The lowest BCUT2D eigenvalue weighted by Crippen LogP contribution is -1.94. The number of hydrogen-bond acceptors (Lipinski definition) is 4. The van der Waals surface area contributed by atoms with Crippen LogP contribution in [0.5, 0.6) is 5.75 Å². The summed E-state index contributed by atoms with van der Waals surface area (Å²) < 4.78 is 5.30. The molecule has 4 nitrogen and oxygen atoms in total. The van der Waals surface area contributed by atoms with Crippen LogP contribution in [0.25, 0.3) is 0 Å². The maximum atomic E-state index is 10.4. The van der Waals surface area contributed by atoms with Gasteiger partial charge in [-0.3, -0.25) is 10.1 Å². The largest absolute Gasteiger partial charge is 0.490 e. The zero-order valence-electron chi connectivity index (χ0n) is 8.00. The zero-order valence-corrected chi connectivity index (χ0v) is 8.89. The summed E-state index contributed by atoms with van der Waals surface area (Å²) >= 11 is 4.00. The lowest BCUT2D eigenvalue weighted by atomic mass is 10.3. The van der Waals surface area contributed by atoms with Crippen LogP contribution in [0.3, 0.4) is 0 Å². The number of ether oxygens (including phenoxy) is 1. The van der Waals surface area contributed by atoms with Crippen molar-refractivity contribution in [2.75, 3.05) is 12.4 Å². The Morgan fingerprint density at radius 1 is 1.33 bits per heavy atom. The standard InChI is InChI=1S/C10H11NO3S/c12-11(13)9-3-5-10(6-4-9)14-7-1-2-8-15/h1-6,15H,7-8H2. The molecule has 0 aliphatic carbocycles. The average Bonchev–Trinajstić information content (AvgIpc) is 2.25. The van der Waals surface area contributed by atoms with E-state index in [9.17, 15) is 10.1 Å². The van der Waals surface area contributed by atoms with Gasteiger partial charge in [-0.25, -0.2) is 0 Å². The molecule has 0 spiro atoms. The smallest absolute Gasteiger partial charge is 0.269 e. The van der Waals surface area contributed by atoms with E-state index in [-0.39, 0.29) is 5.69 Å². The molecule has 0 amide bonds. The van der Waals surface area contributed by atoms with E-state index in [0.717, 1.165) is 0 Å². The van der Waals surface area contributed by atoms with Crippen LogP contribution in [-0.4, -0.2) is 17.3 Å². The van der Waals surface area contributed by atoms with Crippen LogP contribution in [0.1, 0.15) is 0 Å². The molecule has 0 bridgehead atoms. The van der Waals surface area contributed by atoms with Gasteiger partial charge in [0.1, 0.15) is 12.4 Å². The first kappa shape index (κ1) is 11.6. The Bertz CT molecular complexity index is 348. The van der Waals surface area contributed by atoms with Gasteiger partial charge in [-0.2, -0.15) is 12.6 Å². The van der Waals surface area contributed by atoms with E-state index in [4.69, 9.17) is 4.74 Å². The molecule has 0 aliphatic heterocycles. The van der Waals surface area contributed by atoms with Gasteiger partial charge in [-0.05, 0) is 12.1 Å². The molecule has 1 aromatic rings. The second-order valence-corrected chi connectivity index (χ2v) is 3.08. The Labute approximate surface area is 93.1 Å². The molecule has 1 aromatic carbocycles. The molecule has 0 aromatic heterocycles. The van der Waals surface area contributed by atoms with E-state index in [0.29, 0.717) is 18.1 Å². The van der Waals surface area contributed by atoms with Gasteiger partial charge >= 0.3 is 0 Å². The van der Waals surface area contributed by atoms with Crippen molar-refractivity contribution >= 4 is 18.3 Å². The Morgan fingerprint density at radius 2 is 2.00 bits per heavy atom. The van der Waals surface area contributed by atoms with E-state index < -0.39 is 4.92 Å². The van der Waals surface area contributed by atoms with E-state index >= 15 is 0 Å². The normalized spacial score (nSPS) is 10.5. The molecule has 0 unspecified atom stereocenters. The minimum absolute atomic E-state index is 0.0632. The van der Waals surface area contributed by atoms with Crippen LogP contribution in [0, 0.1) is 10.1 Å². The van der Waals surface area contributed by atoms with Gasteiger partial charge < -0.3 is 4.74 Å². The maximum absolute atomic E-state index is 10.4. The lowest BCUT2D eigenvalue weighted by Gasteiger charge is -2.01. The molecular weight excluding hydrogens is 214 g/mol. The molecule has 0 radical (unpaired) electrons. The number of rotatable bonds is 5. The van der Waals surface area contributed by atoms with Crippen molar-refractivity contribution in [2.45, 2.75) is 0 Å². The molecule has 0 heterocycles. The van der Waals surface area contributed by atoms with Crippen LogP contribution in [0.4, 0.5) is 5.69 Å². The Balaban J connectivity index is 2.50. The van der Waals surface area contributed by atoms with Crippen molar-refractivity contribution in [1.82, 2.24) is 0 Å². The number of nitro groups is 1. The van der Waals surface area contributed by atoms with E-state index in [1.807, 2.05) is 12.2 Å². The minimum atomic E-state index is -0.440. The molecule has 0 N–H and O–H groups in total. The Kier molecular flexibility index (Phi) is 4.70. The summed E-state index contributed by atoms with van der Waals surface area (Å²) in [4.78, 5) is 9.92. The second-order valence-electron chi connectivity index (χ2n) is 2.72. The highest BCUT2D eigenvalue weighted by atomic mass is 32.1. The number of thiol groups is 1. The Hall–Kier alpha value is -1.49. The molecular formula is C10H11NO3S. The van der Waals surface area contributed by atoms with Gasteiger partial charge in [0, 0.05) is 17.9 Å². The summed E-state index contributed by atoms with van der Waals surface area (Å²) in [6.07, 6.45) is 3.71. The van der Waals surface area contributed by atoms with Crippen molar-refractivity contribution < 1.29 is 9.66 Å². The topological polar surface area (TPSA) is 52.4 Å². The lowest BCUT2D eigenvalue weighted by molar-refractivity contribution is -0.384. The highest BCUT2D eigenvalue weighted by molar-refractivity contribution is 7.80. The number of nitrogens with zero attached hydrogens (tertiary/aromatic N) is 1. The monoisotopic (exact) mass is 225 g/mol. The van der Waals surface area contributed by atoms with Crippen LogP contribution >= 0.6 is 12.6 Å². The molecule has 0 aliphatic rings. The summed E-state index contributed by atoms with van der Waals surface area (Å²) in [5.41, 5.74) is 0.0632. The van der Waals surface area contributed by atoms with Gasteiger partial charge in [-0.15, -0.1) is 0 Å². The van der Waals surface area contributed by atoms with Crippen LogP contribution in [-0.2, 0) is 0 Å². The molecule has 1 rings (SSSR count). The first-order valence-corrected chi connectivity index (χ1v) is 5.00. The van der Waals surface area contributed by atoms with Crippen LogP contribution in [0.15, 0.2) is 36.4 Å². The van der Waals surface area contributed by atoms with Gasteiger partial charge in [-0.1, -0.05) is 12.2 Å². The van der Waals surface area contributed by atoms with Crippen molar-refractivity contribution in [3.63, 3.8) is 0 Å². The third-order valence-corrected chi connectivity index (χ3v) is 1.88. The van der Waals surface area contributed by atoms with E-state index in [1.165, 1.54) is 12.1 Å². The molecule has 0 fully saturated rings. The van der Waals surface area contributed by atoms with Gasteiger partial charge in [0.15, 0.2) is 0 Å². The van der Waals surface area contributed by atoms with Gasteiger partial charge in [0.05, 0.1) is 4.92 Å². The summed E-state index contributed by atoms with van der Waals surface area (Å²) in [7, 11) is 0. The van der Waals surface area contributed by atoms with Gasteiger partial charge in [0.2, 0.25) is 0 Å². The molecule has 15 heavy (non-hydrogen) atoms. The van der Waals surface area contributed by atoms with Crippen LogP contribution < -0.4 is 4.74 Å². The number of non-ortho nitro benzene ring substituents is 1. The SMILES string of the molecule is O=[N+]([O-])c1ccc(OCC=CCS)cc1. The molecule has 0 atom stereocenters. The summed E-state index contributed by atoms with van der Waals surface area (Å²) in [5, 5.41) is 10.4. The molecule has 80 valence electrons. The predicted molar refractivity (Wildman–Crippen MR) is 61.6 cm³/mol. The summed E-state index contributed by atoms with van der Waals surface area (Å²) in [6, 6.07) is 5.98. The zero-order chi connectivity index (χ0) is 11.1. The van der Waals surface area contributed by atoms with Gasteiger partial charge in [0.25, 0.3) is 5.69 Å². The number of nitro benzene ring substituents is 1. The number of benzene rings is 1. The highest BCUT2D eigenvalue weighted by Crippen LogP contribution is 2.16. The van der Waals surface area contributed by atoms with Crippen molar-refractivity contribution in [1.29, 1.82) is 0 Å². The van der Waals surface area contributed by atoms with E-state index in [1.54, 1.807) is 12.1 Å². The van der Waals surface area contributed by atoms with Crippen molar-refractivity contribution in [3.8, 4) is 5.75 Å². The predicted octanol–water partition coefficient (Wildman–Crippen LogP) is 2.46. The first-order valence-electron chi connectivity index (χ1n) is 4.37. The molecule has 0 saturated heterocycles. The third-order valence-electron chi connectivity index (χ3n) is 1.67. The molecule has 5 heteroatoms.